The first-order valence-corrected chi connectivity index (χ1v) is 16.2. The van der Waals surface area contributed by atoms with Gasteiger partial charge in [-0.2, -0.15) is 0 Å². The van der Waals surface area contributed by atoms with Gasteiger partial charge in [0.25, 0.3) is 11.8 Å². The molecule has 7 rings (SSSR count). The number of hydrogen-bond donors (Lipinski definition) is 1. The number of anilines is 2. The summed E-state index contributed by atoms with van der Waals surface area (Å²) in [5, 5.41) is 3.22. The van der Waals surface area contributed by atoms with Crippen LogP contribution in [0, 0.1) is 0 Å². The molecule has 2 atom stereocenters. The van der Waals surface area contributed by atoms with E-state index in [0.717, 1.165) is 32.7 Å². The molecule has 0 spiro atoms. The molecule has 9 nitrogen and oxygen atoms in total. The molecule has 0 saturated heterocycles. The first kappa shape index (κ1) is 30.8. The zero-order valence-electron chi connectivity index (χ0n) is 25.5. The van der Waals surface area contributed by atoms with Gasteiger partial charge in [-0.15, -0.1) is 23.2 Å². The number of nitrogens with zero attached hydrogens (tertiary/aromatic N) is 2. The number of benzene rings is 4. The van der Waals surface area contributed by atoms with Gasteiger partial charge in [0.2, 0.25) is 0 Å². The van der Waals surface area contributed by atoms with Crippen LogP contribution in [0.4, 0.5) is 11.4 Å². The van der Waals surface area contributed by atoms with Gasteiger partial charge in [0.1, 0.15) is 22.9 Å². The van der Waals surface area contributed by atoms with Crippen LogP contribution in [-0.4, -0.2) is 53.6 Å². The van der Waals surface area contributed by atoms with Gasteiger partial charge < -0.3 is 24.3 Å². The molecule has 1 aromatic heterocycles. The number of nitrogens with one attached hydrogen (secondary N) is 1. The Morgan fingerprint density at radius 2 is 1.04 bits per heavy atom. The fourth-order valence-electron chi connectivity index (χ4n) is 6.88. The van der Waals surface area contributed by atoms with E-state index >= 15 is 0 Å². The highest BCUT2D eigenvalue weighted by Crippen LogP contribution is 2.47. The molecule has 1 N–H and O–H groups in total. The van der Waals surface area contributed by atoms with Crippen molar-refractivity contribution >= 4 is 79.9 Å². The number of fused-ring (bicyclic) bond motifs is 6. The number of halogens is 2. The van der Waals surface area contributed by atoms with E-state index < -0.39 is 11.9 Å². The number of aromatic nitrogens is 1. The average molecular weight is 671 g/mol. The van der Waals surface area contributed by atoms with Crippen LogP contribution in [0.15, 0.2) is 72.8 Å². The number of rotatable bonds is 6. The van der Waals surface area contributed by atoms with E-state index in [1.165, 1.54) is 13.8 Å². The van der Waals surface area contributed by atoms with Crippen LogP contribution >= 0.6 is 23.2 Å². The highest BCUT2D eigenvalue weighted by atomic mass is 35.5. The molecule has 11 heteroatoms. The minimum Gasteiger partial charge on any atom is -0.426 e. The molecular formula is C36H29Cl2N3O6. The second-order valence-electron chi connectivity index (χ2n) is 11.7. The van der Waals surface area contributed by atoms with Crippen LogP contribution in [0.3, 0.4) is 0 Å². The lowest BCUT2D eigenvalue weighted by Crippen LogP contribution is -2.32. The lowest BCUT2D eigenvalue weighted by Gasteiger charge is -2.19. The number of ether oxygens (including phenoxy) is 2. The van der Waals surface area contributed by atoms with Crippen molar-refractivity contribution in [3.05, 3.63) is 95.3 Å². The van der Waals surface area contributed by atoms with Gasteiger partial charge in [0.05, 0.1) is 11.4 Å². The largest absolute Gasteiger partial charge is 0.426 e. The Kier molecular flexibility index (Phi) is 7.90. The first-order chi connectivity index (χ1) is 22.7. The summed E-state index contributed by atoms with van der Waals surface area (Å²) in [6, 6.07) is 21.7. The van der Waals surface area contributed by atoms with E-state index in [4.69, 9.17) is 32.7 Å². The summed E-state index contributed by atoms with van der Waals surface area (Å²) in [7, 11) is 0. The number of esters is 2. The number of carbonyl (C=O) groups excluding carboxylic acids is 4. The molecule has 5 aromatic rings. The van der Waals surface area contributed by atoms with Crippen molar-refractivity contribution in [1.29, 1.82) is 0 Å². The summed E-state index contributed by atoms with van der Waals surface area (Å²) >= 11 is 12.8. The van der Waals surface area contributed by atoms with Crippen LogP contribution in [0.2, 0.25) is 0 Å². The van der Waals surface area contributed by atoms with E-state index in [0.29, 0.717) is 36.0 Å². The van der Waals surface area contributed by atoms with Crippen LogP contribution < -0.4 is 19.3 Å². The maximum atomic E-state index is 14.0. The second-order valence-corrected chi connectivity index (χ2v) is 12.3. The molecule has 0 fully saturated rings. The molecule has 238 valence electrons. The van der Waals surface area contributed by atoms with Gasteiger partial charge in [-0.3, -0.25) is 19.2 Å². The molecule has 47 heavy (non-hydrogen) atoms. The molecule has 0 saturated carbocycles. The summed E-state index contributed by atoms with van der Waals surface area (Å²) in [6.07, 6.45) is 0. The minimum atomic E-state index is -0.472. The fraction of sp³-hybridized carbons (Fsp3) is 0.222. The number of aromatic amines is 1. The van der Waals surface area contributed by atoms with Crippen LogP contribution in [-0.2, 0) is 9.59 Å². The Morgan fingerprint density at radius 3 is 1.40 bits per heavy atom. The summed E-state index contributed by atoms with van der Waals surface area (Å²) in [6.45, 7) is 3.29. The predicted molar refractivity (Wildman–Crippen MR) is 182 cm³/mol. The number of H-pyrrole nitrogens is 1. The van der Waals surface area contributed by atoms with Crippen molar-refractivity contribution in [3.8, 4) is 11.5 Å². The third-order valence-corrected chi connectivity index (χ3v) is 9.52. The maximum absolute atomic E-state index is 14.0. The monoisotopic (exact) mass is 669 g/mol. The maximum Gasteiger partial charge on any atom is 0.308 e. The zero-order chi connectivity index (χ0) is 33.0. The van der Waals surface area contributed by atoms with Crippen molar-refractivity contribution < 1.29 is 28.7 Å². The molecule has 3 heterocycles. The standard InChI is InChI=1S/C36H29Cl2N3O6/c1-19(42)46-31-13-29-33(25-9-5-3-7-23(25)31)21(15-37)17-40(29)35(44)27-11-12-28(39-27)36(45)41-18-22(16-38)34-26-10-6-4-8-24(26)32(14-30(34)41)47-20(2)43/h3-14,21-22,39H,15-18H2,1-2H3/t21-,22-/m1/s1. The van der Waals surface area contributed by atoms with Gasteiger partial charge in [-0.1, -0.05) is 48.5 Å². The van der Waals surface area contributed by atoms with E-state index in [9.17, 15) is 19.2 Å². The molecule has 2 amide bonds. The van der Waals surface area contributed by atoms with Crippen LogP contribution in [0.5, 0.6) is 11.5 Å². The van der Waals surface area contributed by atoms with Crippen molar-refractivity contribution in [1.82, 2.24) is 4.98 Å². The van der Waals surface area contributed by atoms with Gasteiger partial charge in [0.15, 0.2) is 0 Å². The Morgan fingerprint density at radius 1 is 0.660 bits per heavy atom. The normalized spacial score (nSPS) is 16.8. The average Bonchev–Trinajstić information content (AvgIpc) is 3.80. The van der Waals surface area contributed by atoms with E-state index in [1.807, 2.05) is 48.5 Å². The third-order valence-electron chi connectivity index (χ3n) is 8.77. The van der Waals surface area contributed by atoms with Gasteiger partial charge >= 0.3 is 11.9 Å². The van der Waals surface area contributed by atoms with Crippen LogP contribution in [0.1, 0.15) is 57.8 Å². The first-order valence-electron chi connectivity index (χ1n) is 15.1. The van der Waals surface area contributed by atoms with E-state index in [2.05, 4.69) is 4.98 Å². The highest BCUT2D eigenvalue weighted by Gasteiger charge is 2.38. The molecule has 2 aliphatic rings. The van der Waals surface area contributed by atoms with Crippen molar-refractivity contribution in [2.45, 2.75) is 25.7 Å². The number of carbonyl (C=O) groups is 4. The summed E-state index contributed by atoms with van der Waals surface area (Å²) in [5.41, 5.74) is 3.43. The summed E-state index contributed by atoms with van der Waals surface area (Å²) in [4.78, 5) is 58.2. The number of hydrogen-bond acceptors (Lipinski definition) is 6. The predicted octanol–water partition coefficient (Wildman–Crippen LogP) is 7.14. The van der Waals surface area contributed by atoms with Crippen molar-refractivity contribution in [2.75, 3.05) is 34.6 Å². The second kappa shape index (κ2) is 12.1. The summed E-state index contributed by atoms with van der Waals surface area (Å²) < 4.78 is 11.1. The Balaban J connectivity index is 1.24. The Bertz CT molecular complexity index is 1980. The molecule has 0 unspecified atom stereocenters. The molecular weight excluding hydrogens is 641 g/mol. The van der Waals surface area contributed by atoms with Crippen molar-refractivity contribution in [2.24, 2.45) is 0 Å². The fourth-order valence-corrected chi connectivity index (χ4v) is 7.38. The minimum absolute atomic E-state index is 0.155. The van der Waals surface area contributed by atoms with Crippen LogP contribution in [0.25, 0.3) is 21.5 Å². The Labute approximate surface area is 279 Å². The molecule has 4 aromatic carbocycles. The molecule has 0 aliphatic carbocycles. The zero-order valence-corrected chi connectivity index (χ0v) is 27.0. The number of alkyl halides is 2. The molecule has 0 bridgehead atoms. The van der Waals surface area contributed by atoms with Crippen molar-refractivity contribution in [3.63, 3.8) is 0 Å². The Hall–Kier alpha value is -4.86. The van der Waals surface area contributed by atoms with Gasteiger partial charge in [-0.05, 0) is 34.0 Å². The quantitative estimate of drug-likeness (QED) is 0.117. The van der Waals surface area contributed by atoms with Gasteiger partial charge in [0, 0.05) is 73.4 Å². The number of amides is 2. The lowest BCUT2D eigenvalue weighted by atomic mass is 9.95. The van der Waals surface area contributed by atoms with E-state index in [-0.39, 0.29) is 46.8 Å². The summed E-state index contributed by atoms with van der Waals surface area (Å²) in [5.74, 6) is -0.703. The van der Waals surface area contributed by atoms with Gasteiger partial charge in [-0.25, -0.2) is 0 Å². The SMILES string of the molecule is CC(=O)Oc1cc2c(c3ccccc13)[C@H](CCl)CN2C(=O)c1ccc(C(=O)N2C[C@@H](CCl)c3c2cc(OC(C)=O)c2ccccc32)[nH]1. The lowest BCUT2D eigenvalue weighted by molar-refractivity contribution is -0.132. The van der Waals surface area contributed by atoms with E-state index in [1.54, 1.807) is 34.1 Å². The highest BCUT2D eigenvalue weighted by molar-refractivity contribution is 6.20. The molecule has 0 radical (unpaired) electrons. The topological polar surface area (TPSA) is 109 Å². The third kappa shape index (κ3) is 5.20. The smallest absolute Gasteiger partial charge is 0.308 e. The molecule has 2 aliphatic heterocycles.